The molecule has 3 atom stereocenters. The topological polar surface area (TPSA) is 129 Å². The molecule has 1 aromatic heterocycles. The van der Waals surface area contributed by atoms with Crippen LogP contribution in [0.25, 0.3) is 0 Å². The van der Waals surface area contributed by atoms with E-state index in [1.807, 2.05) is 6.92 Å². The lowest BCUT2D eigenvalue weighted by molar-refractivity contribution is -0.138. The molecule has 2 heterocycles. The van der Waals surface area contributed by atoms with E-state index in [2.05, 4.69) is 46.7 Å². The number of aromatic nitrogens is 2. The van der Waals surface area contributed by atoms with Crippen molar-refractivity contribution in [1.29, 1.82) is 0 Å². The number of carbonyl (C=O) groups is 4. The second-order valence-corrected chi connectivity index (χ2v) is 13.2. The first-order valence-corrected chi connectivity index (χ1v) is 16.6. The fourth-order valence-electron chi connectivity index (χ4n) is 6.60. The van der Waals surface area contributed by atoms with Gasteiger partial charge in [0.2, 0.25) is 17.7 Å². The molecule has 4 amide bonds. The van der Waals surface area contributed by atoms with E-state index in [4.69, 9.17) is 0 Å². The first kappa shape index (κ1) is 35.1. The van der Waals surface area contributed by atoms with Crippen molar-refractivity contribution < 1.29 is 23.6 Å². The van der Waals surface area contributed by atoms with Crippen molar-refractivity contribution >= 4 is 29.3 Å². The van der Waals surface area contributed by atoms with Gasteiger partial charge in [0.05, 0.1) is 5.69 Å². The summed E-state index contributed by atoms with van der Waals surface area (Å²) >= 11 is 0. The van der Waals surface area contributed by atoms with E-state index < -0.39 is 35.6 Å². The summed E-state index contributed by atoms with van der Waals surface area (Å²) in [5.74, 6) is -2.17. The first-order valence-electron chi connectivity index (χ1n) is 16.6. The lowest BCUT2D eigenvalue weighted by atomic mass is 9.79. The number of anilines is 1. The van der Waals surface area contributed by atoms with E-state index >= 15 is 4.39 Å². The SMILES string of the molecule is CCn1nccc1C(=O)N[C@H](C(=O)Nc1ccc([C@H](C)C(NC(C)=O)C(=O)N2CCN(C(C)C)CC2)cc1F)C1CCC(C)CC1. The van der Waals surface area contributed by atoms with E-state index in [9.17, 15) is 19.2 Å². The maximum Gasteiger partial charge on any atom is 0.270 e. The van der Waals surface area contributed by atoms with Crippen LogP contribution in [0.3, 0.4) is 0 Å². The van der Waals surface area contributed by atoms with Crippen LogP contribution >= 0.6 is 0 Å². The minimum atomic E-state index is -0.868. The average molecular weight is 640 g/mol. The molecule has 2 aromatic rings. The van der Waals surface area contributed by atoms with E-state index in [1.54, 1.807) is 34.8 Å². The third-order valence-corrected chi connectivity index (χ3v) is 9.61. The number of benzene rings is 1. The summed E-state index contributed by atoms with van der Waals surface area (Å²) in [5.41, 5.74) is 0.858. The van der Waals surface area contributed by atoms with Gasteiger partial charge in [-0.05, 0) is 69.2 Å². The highest BCUT2D eigenvalue weighted by Crippen LogP contribution is 2.32. The van der Waals surface area contributed by atoms with Crippen molar-refractivity contribution in [2.45, 2.75) is 97.8 Å². The van der Waals surface area contributed by atoms with Crippen LogP contribution in [0.15, 0.2) is 30.5 Å². The molecule has 1 unspecified atom stereocenters. The van der Waals surface area contributed by atoms with E-state index in [1.165, 1.54) is 19.1 Å². The van der Waals surface area contributed by atoms with Gasteiger partial charge in [0.15, 0.2) is 0 Å². The van der Waals surface area contributed by atoms with Gasteiger partial charge in [-0.25, -0.2) is 4.39 Å². The molecule has 2 fully saturated rings. The van der Waals surface area contributed by atoms with Crippen LogP contribution in [0.1, 0.15) is 89.2 Å². The summed E-state index contributed by atoms with van der Waals surface area (Å²) in [6, 6.07) is 4.72. The number of carbonyl (C=O) groups excluding carboxylic acids is 4. The zero-order valence-electron chi connectivity index (χ0n) is 28.0. The van der Waals surface area contributed by atoms with Crippen LogP contribution in [0, 0.1) is 17.7 Å². The molecule has 252 valence electrons. The molecule has 1 aromatic carbocycles. The lowest BCUT2D eigenvalue weighted by Crippen LogP contribution is -2.56. The third kappa shape index (κ3) is 8.51. The Bertz CT molecular complexity index is 1380. The molecule has 4 rings (SSSR count). The van der Waals surface area contributed by atoms with Crippen LogP contribution in [-0.2, 0) is 20.9 Å². The Morgan fingerprint density at radius 3 is 2.24 bits per heavy atom. The van der Waals surface area contributed by atoms with Gasteiger partial charge < -0.3 is 20.9 Å². The second kappa shape index (κ2) is 15.7. The number of halogens is 1. The highest BCUT2D eigenvalue weighted by atomic mass is 19.1. The summed E-state index contributed by atoms with van der Waals surface area (Å²) in [7, 11) is 0. The molecule has 0 bridgehead atoms. The van der Waals surface area contributed by atoms with Crippen molar-refractivity contribution in [2.24, 2.45) is 11.8 Å². The Balaban J connectivity index is 1.49. The number of rotatable bonds is 11. The number of nitrogens with zero attached hydrogens (tertiary/aromatic N) is 4. The number of hydrogen-bond acceptors (Lipinski definition) is 6. The van der Waals surface area contributed by atoms with Crippen molar-refractivity contribution in [3.05, 3.63) is 47.5 Å². The fraction of sp³-hybridized carbons (Fsp3) is 0.618. The summed E-state index contributed by atoms with van der Waals surface area (Å²) in [4.78, 5) is 56.6. The van der Waals surface area contributed by atoms with Crippen LogP contribution in [0.5, 0.6) is 0 Å². The molecular formula is C34H50FN7O4. The van der Waals surface area contributed by atoms with Crippen molar-refractivity contribution in [2.75, 3.05) is 31.5 Å². The molecule has 1 saturated heterocycles. The molecule has 1 aliphatic heterocycles. The van der Waals surface area contributed by atoms with Crippen molar-refractivity contribution in [1.82, 2.24) is 30.2 Å². The van der Waals surface area contributed by atoms with Crippen LogP contribution < -0.4 is 16.0 Å². The standard InChI is InChI=1S/C34H50FN7O4/c1-7-42-29(14-15-36-42)32(44)39-31(25-10-8-22(4)9-11-25)33(45)38-28-13-12-26(20-27(28)35)23(5)30(37-24(6)43)34(46)41-18-16-40(17-19-41)21(2)3/h12-15,20-23,25,30-31H,7-11,16-19H2,1-6H3,(H,37,43)(H,38,45)(H,39,44)/t22?,23-,25?,30?,31-/m0/s1. The van der Waals surface area contributed by atoms with Crippen LogP contribution in [0.4, 0.5) is 10.1 Å². The van der Waals surface area contributed by atoms with Gasteiger partial charge in [0, 0.05) is 57.8 Å². The molecule has 0 spiro atoms. The smallest absolute Gasteiger partial charge is 0.270 e. The van der Waals surface area contributed by atoms with Gasteiger partial charge >= 0.3 is 0 Å². The van der Waals surface area contributed by atoms with Crippen LogP contribution in [-0.4, -0.2) is 87.5 Å². The molecule has 0 radical (unpaired) electrons. The molecule has 12 heteroatoms. The molecule has 46 heavy (non-hydrogen) atoms. The highest BCUT2D eigenvalue weighted by Gasteiger charge is 2.35. The van der Waals surface area contributed by atoms with Crippen molar-refractivity contribution in [3.63, 3.8) is 0 Å². The number of aryl methyl sites for hydroxylation is 1. The van der Waals surface area contributed by atoms with E-state index in [0.717, 1.165) is 38.8 Å². The normalized spacial score (nSPS) is 20.9. The maximum absolute atomic E-state index is 15.6. The lowest BCUT2D eigenvalue weighted by Gasteiger charge is -2.39. The summed E-state index contributed by atoms with van der Waals surface area (Å²) in [6.07, 6.45) is 4.98. The Labute approximate surface area is 271 Å². The Kier molecular flexibility index (Phi) is 11.9. The molecule has 1 aliphatic carbocycles. The fourth-order valence-corrected chi connectivity index (χ4v) is 6.60. The van der Waals surface area contributed by atoms with Gasteiger partial charge in [-0.15, -0.1) is 0 Å². The molecule has 11 nitrogen and oxygen atoms in total. The highest BCUT2D eigenvalue weighted by molar-refractivity contribution is 6.00. The summed E-state index contributed by atoms with van der Waals surface area (Å²) in [5, 5.41) is 12.6. The largest absolute Gasteiger partial charge is 0.344 e. The second-order valence-electron chi connectivity index (χ2n) is 13.2. The molecule has 3 N–H and O–H groups in total. The van der Waals surface area contributed by atoms with E-state index in [0.29, 0.717) is 42.9 Å². The van der Waals surface area contributed by atoms with Crippen molar-refractivity contribution in [3.8, 4) is 0 Å². The number of hydrogen-bond donors (Lipinski definition) is 3. The number of nitrogens with one attached hydrogen (secondary N) is 3. The molecular weight excluding hydrogens is 589 g/mol. The maximum atomic E-state index is 15.6. The van der Waals surface area contributed by atoms with Gasteiger partial charge in [-0.2, -0.15) is 5.10 Å². The summed E-state index contributed by atoms with van der Waals surface area (Å²) in [6.45, 7) is 14.6. The van der Waals surface area contributed by atoms with Gasteiger partial charge in [0.25, 0.3) is 5.91 Å². The zero-order valence-corrected chi connectivity index (χ0v) is 28.0. The van der Waals surface area contributed by atoms with E-state index in [-0.39, 0.29) is 23.4 Å². The van der Waals surface area contributed by atoms with Gasteiger partial charge in [-0.3, -0.25) is 28.8 Å². The van der Waals surface area contributed by atoms with Crippen LogP contribution in [0.2, 0.25) is 0 Å². The molecule has 1 saturated carbocycles. The molecule has 2 aliphatic rings. The minimum absolute atomic E-state index is 0.0183. The third-order valence-electron chi connectivity index (χ3n) is 9.61. The predicted octanol–water partition coefficient (Wildman–Crippen LogP) is 3.77. The summed E-state index contributed by atoms with van der Waals surface area (Å²) < 4.78 is 17.2. The monoisotopic (exact) mass is 639 g/mol. The minimum Gasteiger partial charge on any atom is -0.344 e. The Hall–Kier alpha value is -3.80. The number of piperazine rings is 1. The average Bonchev–Trinajstić information content (AvgIpc) is 3.52. The Morgan fingerprint density at radius 1 is 0.978 bits per heavy atom. The predicted molar refractivity (Wildman–Crippen MR) is 175 cm³/mol. The van der Waals surface area contributed by atoms with Gasteiger partial charge in [-0.1, -0.05) is 32.8 Å². The van der Waals surface area contributed by atoms with Gasteiger partial charge in [0.1, 0.15) is 23.6 Å². The first-order chi connectivity index (χ1) is 21.9. The number of amides is 4. The quantitative estimate of drug-likeness (QED) is 0.344. The zero-order chi connectivity index (χ0) is 33.5. The Morgan fingerprint density at radius 2 is 1.65 bits per heavy atom.